The number of amides is 12. The Kier molecular flexibility index (Phi) is 33.9. The van der Waals surface area contributed by atoms with E-state index in [-0.39, 0.29) is 82.3 Å². The van der Waals surface area contributed by atoms with E-state index in [1.54, 1.807) is 88.5 Å². The van der Waals surface area contributed by atoms with Crippen LogP contribution in [0.3, 0.4) is 0 Å². The van der Waals surface area contributed by atoms with Crippen LogP contribution in [0.15, 0.2) is 65.8 Å². The van der Waals surface area contributed by atoms with Gasteiger partial charge in [-0.25, -0.2) is 0 Å². The van der Waals surface area contributed by atoms with Crippen molar-refractivity contribution in [3.8, 4) is 0 Å². The van der Waals surface area contributed by atoms with E-state index in [9.17, 15) is 67.4 Å². The minimum atomic E-state index is -1.68. The highest BCUT2D eigenvalue weighted by atomic mass is 16.4. The van der Waals surface area contributed by atoms with Crippen LogP contribution in [0.5, 0.6) is 0 Å². The number of carbonyl (C=O) groups excluding carboxylic acids is 12. The number of fused-ring (bicyclic) bond motifs is 1. The third kappa shape index (κ3) is 28.6. The van der Waals surface area contributed by atoms with Crippen molar-refractivity contribution in [3.05, 3.63) is 71.9 Å². The van der Waals surface area contributed by atoms with E-state index in [4.69, 9.17) is 28.7 Å². The molecule has 0 fully saturated rings. The van der Waals surface area contributed by atoms with E-state index in [2.05, 4.69) is 63.1 Å². The fourth-order valence-electron chi connectivity index (χ4n) is 10.2. The quantitative estimate of drug-likeness (QED) is 0.0172. The van der Waals surface area contributed by atoms with Crippen LogP contribution < -0.4 is 81.8 Å². The molecule has 0 aliphatic carbocycles. The fraction of sp³-hybridized carbons (Fsp3) is 0.562. The number of unbranched alkanes of at least 4 members (excludes halogenated alkanes) is 1. The standard InChI is InChI=1S/C64H99N17O14/c1-9-36(6)53(81-62(94)48(30-39-18-11-10-12-19-39)78-60(92)47(29-35(4)5)76-55(87)43(73-38(8)82)23-17-27-70-64(68)69)63(95)75-45(24-25-52(84)85)57(89)79-49(31-40-33-71-42-21-14-13-20-41(40)42)61(93)77-46(28-34(2)3)59(91)74-44(22-15-16-26-65)56(88)80-50(32-51(66)83)58(90)72-37(7)54(67)86/h10-14,18-21,33-37,43-50,53,71H,9,15-17,22-32,65H2,1-8H3,(H2,66,83)(H2,67,86)(H,72,90)(H,73,82)(H,74,91)(H,75,95)(H,76,87)(H,77,93)(H,78,92)(H,79,89)(H,80,88)(H,81,94)(H,84,85)(H4,68,69,70)/t36-,37+,43-,44-,45-,46-,47-,48-,49-,50-,53?/m0/s1. The number of hydrogen-bond acceptors (Lipinski definition) is 15. The molecule has 1 unspecified atom stereocenters. The second kappa shape index (κ2) is 40.4. The van der Waals surface area contributed by atoms with Crippen LogP contribution in [-0.4, -0.2) is 166 Å². The summed E-state index contributed by atoms with van der Waals surface area (Å²) in [7, 11) is 0. The Balaban J connectivity index is 2.05. The van der Waals surface area contributed by atoms with E-state index in [1.165, 1.54) is 13.8 Å². The van der Waals surface area contributed by atoms with Gasteiger partial charge in [-0.1, -0.05) is 96.5 Å². The minimum absolute atomic E-state index is 0.0326. The van der Waals surface area contributed by atoms with Crippen molar-refractivity contribution in [2.45, 2.75) is 199 Å². The van der Waals surface area contributed by atoms with Gasteiger partial charge in [0, 0.05) is 49.8 Å². The lowest BCUT2D eigenvalue weighted by Gasteiger charge is -2.30. The summed E-state index contributed by atoms with van der Waals surface area (Å²) >= 11 is 0. The van der Waals surface area contributed by atoms with Gasteiger partial charge in [-0.3, -0.25) is 67.3 Å². The fourth-order valence-corrected chi connectivity index (χ4v) is 10.2. The lowest BCUT2D eigenvalue weighted by molar-refractivity contribution is -0.139. The number of para-hydroxylation sites is 1. The number of carboxylic acid groups (broad SMARTS) is 1. The third-order valence-electron chi connectivity index (χ3n) is 15.4. The second-order valence-electron chi connectivity index (χ2n) is 24.5. The number of aromatic nitrogens is 1. The summed E-state index contributed by atoms with van der Waals surface area (Å²) in [6.07, 6.45) is 0.753. The first kappa shape index (κ1) is 79.6. The Morgan fingerprint density at radius 1 is 0.516 bits per heavy atom. The Labute approximate surface area is 553 Å². The number of nitrogens with one attached hydrogen (secondary N) is 11. The van der Waals surface area contributed by atoms with Gasteiger partial charge >= 0.3 is 5.97 Å². The van der Waals surface area contributed by atoms with Crippen molar-refractivity contribution in [1.29, 1.82) is 0 Å². The van der Waals surface area contributed by atoms with Crippen LogP contribution in [-0.2, 0) is 75.2 Å². The van der Waals surface area contributed by atoms with Gasteiger partial charge in [0.25, 0.3) is 0 Å². The normalized spacial score (nSPS) is 14.6. The van der Waals surface area contributed by atoms with Crippen LogP contribution in [0, 0.1) is 17.8 Å². The van der Waals surface area contributed by atoms with Gasteiger partial charge in [0.05, 0.1) is 6.42 Å². The number of benzene rings is 2. The van der Waals surface area contributed by atoms with Crippen LogP contribution in [0.1, 0.15) is 137 Å². The molecule has 524 valence electrons. The molecule has 0 spiro atoms. The molecular formula is C64H99N17O14. The molecule has 1 aromatic heterocycles. The van der Waals surface area contributed by atoms with E-state index >= 15 is 0 Å². The molecule has 11 atom stereocenters. The first-order valence-corrected chi connectivity index (χ1v) is 32.0. The molecule has 31 heteroatoms. The zero-order valence-electron chi connectivity index (χ0n) is 55.5. The molecule has 3 rings (SSSR count). The van der Waals surface area contributed by atoms with Crippen molar-refractivity contribution in [3.63, 3.8) is 0 Å². The highest BCUT2D eigenvalue weighted by molar-refractivity contribution is 6.00. The molecule has 2 aromatic carbocycles. The summed E-state index contributed by atoms with van der Waals surface area (Å²) in [6, 6.07) is 1.68. The van der Waals surface area contributed by atoms with E-state index in [0.717, 1.165) is 0 Å². The van der Waals surface area contributed by atoms with Gasteiger partial charge < -0.3 is 91.9 Å². The van der Waals surface area contributed by atoms with Crippen LogP contribution in [0.25, 0.3) is 10.9 Å². The highest BCUT2D eigenvalue weighted by Crippen LogP contribution is 2.21. The number of rotatable bonds is 43. The second-order valence-corrected chi connectivity index (χ2v) is 24.5. The molecule has 1 heterocycles. The summed E-state index contributed by atoms with van der Waals surface area (Å²) in [5.41, 5.74) is 29.2. The minimum Gasteiger partial charge on any atom is -0.481 e. The molecular weight excluding hydrogens is 1230 g/mol. The number of aromatic amines is 1. The van der Waals surface area contributed by atoms with E-state index in [1.807, 2.05) is 13.8 Å². The summed E-state index contributed by atoms with van der Waals surface area (Å²) in [6.45, 7) is 13.4. The lowest BCUT2D eigenvalue weighted by Crippen LogP contribution is -2.62. The number of aliphatic imine (C=N–C) groups is 1. The number of aliphatic carboxylic acids is 1. The summed E-state index contributed by atoms with van der Waals surface area (Å²) in [4.78, 5) is 184. The van der Waals surface area contributed by atoms with E-state index < -0.39 is 162 Å². The zero-order valence-corrected chi connectivity index (χ0v) is 55.5. The van der Waals surface area contributed by atoms with Gasteiger partial charge in [0.2, 0.25) is 70.9 Å². The number of H-pyrrole nitrogens is 1. The van der Waals surface area contributed by atoms with Gasteiger partial charge in [-0.2, -0.15) is 0 Å². The van der Waals surface area contributed by atoms with E-state index in [0.29, 0.717) is 34.9 Å². The molecule has 31 nitrogen and oxygen atoms in total. The summed E-state index contributed by atoms with van der Waals surface area (Å²) < 4.78 is 0. The molecule has 0 radical (unpaired) electrons. The molecule has 0 aliphatic heterocycles. The molecule has 22 N–H and O–H groups in total. The Hall–Kier alpha value is -9.68. The van der Waals surface area contributed by atoms with Gasteiger partial charge in [0.15, 0.2) is 5.96 Å². The smallest absolute Gasteiger partial charge is 0.303 e. The van der Waals surface area contributed by atoms with Crippen molar-refractivity contribution >= 4 is 93.7 Å². The lowest BCUT2D eigenvalue weighted by atomic mass is 9.96. The number of primary amides is 2. The van der Waals surface area contributed by atoms with Crippen molar-refractivity contribution < 1.29 is 67.4 Å². The van der Waals surface area contributed by atoms with Gasteiger partial charge in [-0.05, 0) is 99.8 Å². The molecule has 12 amide bonds. The average molecular weight is 1330 g/mol. The predicted octanol–water partition coefficient (Wildman–Crippen LogP) is -1.61. The molecule has 3 aromatic rings. The number of carboxylic acids is 1. The molecule has 0 bridgehead atoms. The average Bonchev–Trinajstić information content (AvgIpc) is 1.78. The monoisotopic (exact) mass is 1330 g/mol. The van der Waals surface area contributed by atoms with Gasteiger partial charge in [0.1, 0.15) is 60.4 Å². The molecule has 95 heavy (non-hydrogen) atoms. The number of guanidine groups is 1. The predicted molar refractivity (Wildman–Crippen MR) is 354 cm³/mol. The zero-order chi connectivity index (χ0) is 71.1. The highest BCUT2D eigenvalue weighted by Gasteiger charge is 2.38. The maximum atomic E-state index is 14.9. The molecule has 0 saturated heterocycles. The van der Waals surface area contributed by atoms with Crippen molar-refractivity contribution in [1.82, 2.24) is 58.2 Å². The summed E-state index contributed by atoms with van der Waals surface area (Å²) in [5, 5.41) is 36.8. The van der Waals surface area contributed by atoms with Crippen molar-refractivity contribution in [2.24, 2.45) is 51.4 Å². The van der Waals surface area contributed by atoms with Crippen LogP contribution >= 0.6 is 0 Å². The Morgan fingerprint density at radius 2 is 0.979 bits per heavy atom. The maximum absolute atomic E-state index is 14.9. The number of carbonyl (C=O) groups is 13. The van der Waals surface area contributed by atoms with Gasteiger partial charge in [-0.15, -0.1) is 0 Å². The summed E-state index contributed by atoms with van der Waals surface area (Å²) in [5.74, 6) is -13.0. The number of nitrogens with zero attached hydrogens (tertiary/aromatic N) is 1. The number of nitrogens with two attached hydrogens (primary N) is 5. The third-order valence-corrected chi connectivity index (χ3v) is 15.4. The Morgan fingerprint density at radius 3 is 1.51 bits per heavy atom. The topological polar surface area (TPSA) is 521 Å². The first-order chi connectivity index (χ1) is 44.8. The molecule has 0 aliphatic rings. The molecule has 0 saturated carbocycles. The Bertz CT molecular complexity index is 3140. The van der Waals surface area contributed by atoms with Crippen LogP contribution in [0.4, 0.5) is 0 Å². The largest absolute Gasteiger partial charge is 0.481 e. The van der Waals surface area contributed by atoms with Crippen LogP contribution in [0.2, 0.25) is 0 Å². The maximum Gasteiger partial charge on any atom is 0.303 e. The number of hydrogen-bond donors (Lipinski definition) is 17. The first-order valence-electron chi connectivity index (χ1n) is 32.0. The SMILES string of the molecule is CC[C@H](C)C(NC(=O)[C@H](Cc1ccccc1)NC(=O)[C@H](CC(C)C)NC(=O)[C@H](CCCN=C(N)N)NC(C)=O)C(=O)N[C@@H](CCC(=O)O)C(=O)N[C@@H](Cc1c[nH]c2ccccc12)C(=O)N[C@@H](CC(C)C)C(=O)N[C@@H](CCCCN)C(=O)N[C@@H](CC(N)=O)C(=O)N[C@H](C)C(N)=O. The van der Waals surface area contributed by atoms with Crippen molar-refractivity contribution in [2.75, 3.05) is 13.1 Å².